The molecule has 6 heteroatoms. The normalized spacial score (nSPS) is 34.1. The summed E-state index contributed by atoms with van der Waals surface area (Å²) in [4.78, 5) is 5.30. The maximum atomic E-state index is 6.91. The minimum Gasteiger partial charge on any atom is -0.544 e. The summed E-state index contributed by atoms with van der Waals surface area (Å²) in [5, 5.41) is 4.53. The van der Waals surface area contributed by atoms with E-state index < -0.39 is 16.6 Å². The molecule has 0 saturated heterocycles. The number of fused-ring (bicyclic) bond motifs is 5. The van der Waals surface area contributed by atoms with E-state index in [1.807, 2.05) is 0 Å². The summed E-state index contributed by atoms with van der Waals surface area (Å²) < 4.78 is 13.2. The molecule has 0 N–H and O–H groups in total. The largest absolute Gasteiger partial charge is 0.544 e. The van der Waals surface area contributed by atoms with Gasteiger partial charge in [-0.1, -0.05) is 18.1 Å². The Morgan fingerprint density at radius 2 is 1.74 bits per heavy atom. The minimum absolute atomic E-state index is 0.00412. The Balaban J connectivity index is 1.70. The van der Waals surface area contributed by atoms with E-state index in [-0.39, 0.29) is 11.5 Å². The van der Waals surface area contributed by atoms with E-state index in [1.54, 1.807) is 12.7 Å². The van der Waals surface area contributed by atoms with Gasteiger partial charge in [0.1, 0.15) is 12.9 Å². The average Bonchev–Trinajstić information content (AvgIpc) is 2.97. The van der Waals surface area contributed by atoms with E-state index in [1.165, 1.54) is 24.1 Å². The van der Waals surface area contributed by atoms with Gasteiger partial charge < -0.3 is 13.7 Å². The van der Waals surface area contributed by atoms with Crippen molar-refractivity contribution in [3.05, 3.63) is 29.3 Å². The molecule has 2 saturated carbocycles. The molecule has 31 heavy (non-hydrogen) atoms. The molecule has 0 amide bonds. The first-order valence-corrected chi connectivity index (χ1v) is 18.8. The molecule has 4 rings (SSSR count). The first-order chi connectivity index (χ1) is 14.4. The van der Waals surface area contributed by atoms with Gasteiger partial charge in [0.15, 0.2) is 8.32 Å². The number of oxime groups is 1. The second-order valence-electron chi connectivity index (χ2n) is 12.0. The van der Waals surface area contributed by atoms with E-state index >= 15 is 0 Å². The van der Waals surface area contributed by atoms with E-state index in [9.17, 15) is 0 Å². The summed E-state index contributed by atoms with van der Waals surface area (Å²) in [6, 6.07) is 6.92. The van der Waals surface area contributed by atoms with Gasteiger partial charge in [0, 0.05) is 5.41 Å². The number of hydrogen-bond acceptors (Lipinski definition) is 4. The van der Waals surface area contributed by atoms with Crippen LogP contribution >= 0.6 is 0 Å². The topological polar surface area (TPSA) is 40.0 Å². The van der Waals surface area contributed by atoms with E-state index in [0.717, 1.165) is 25.0 Å². The fraction of sp³-hybridized carbons (Fsp3) is 0.720. The molecular weight excluding hydrogens is 418 g/mol. The number of aryl methyl sites for hydroxylation is 1. The molecule has 0 heterocycles. The molecule has 1 aromatic rings. The third-order valence-corrected chi connectivity index (χ3v) is 9.48. The molecule has 0 aromatic heterocycles. The number of benzene rings is 1. The highest BCUT2D eigenvalue weighted by Crippen LogP contribution is 2.61. The molecule has 0 aliphatic heterocycles. The van der Waals surface area contributed by atoms with Gasteiger partial charge in [-0.05, 0) is 112 Å². The van der Waals surface area contributed by atoms with Gasteiger partial charge in [0.05, 0.1) is 11.8 Å². The Bertz CT molecular complexity index is 857. The standard InChI is InChI=1S/C25H41NO3Si2/c1-25-22(13-14-23(25)26-27-2)20-11-9-17-15-18(28-30(3,4)5)10-12-19(17)21(20)16-24(25)29-31(6,7)8/h10,12,15,20-22,24H,9,11,13-14,16H2,1-8H3/b26-23+. The number of rotatable bonds is 5. The molecule has 0 bridgehead atoms. The molecule has 2 fully saturated rings. The van der Waals surface area contributed by atoms with Gasteiger partial charge in [-0.25, -0.2) is 0 Å². The van der Waals surface area contributed by atoms with Crippen LogP contribution < -0.4 is 4.43 Å². The van der Waals surface area contributed by atoms with Gasteiger partial charge in [-0.2, -0.15) is 0 Å². The van der Waals surface area contributed by atoms with Crippen LogP contribution in [-0.4, -0.2) is 35.6 Å². The zero-order valence-corrected chi connectivity index (χ0v) is 22.7. The Labute approximate surface area is 191 Å². The van der Waals surface area contributed by atoms with Gasteiger partial charge in [0.25, 0.3) is 0 Å². The second kappa shape index (κ2) is 8.03. The summed E-state index contributed by atoms with van der Waals surface area (Å²) in [5.41, 5.74) is 4.26. The zero-order chi connectivity index (χ0) is 22.6. The van der Waals surface area contributed by atoms with Gasteiger partial charge in [-0.15, -0.1) is 0 Å². The molecule has 3 aliphatic carbocycles. The van der Waals surface area contributed by atoms with Crippen LogP contribution in [0.4, 0.5) is 0 Å². The quantitative estimate of drug-likeness (QED) is 0.368. The Morgan fingerprint density at radius 3 is 2.39 bits per heavy atom. The van der Waals surface area contributed by atoms with Crippen LogP contribution in [0.5, 0.6) is 5.75 Å². The molecule has 5 unspecified atom stereocenters. The molecule has 4 nitrogen and oxygen atoms in total. The molecular formula is C25H41NO3Si2. The third kappa shape index (κ3) is 4.40. The molecule has 1 aromatic carbocycles. The van der Waals surface area contributed by atoms with Gasteiger partial charge in [0.2, 0.25) is 8.32 Å². The smallest absolute Gasteiger partial charge is 0.242 e. The summed E-state index contributed by atoms with van der Waals surface area (Å²) >= 11 is 0. The third-order valence-electron chi connectivity index (χ3n) is 7.64. The van der Waals surface area contributed by atoms with Crippen molar-refractivity contribution in [2.24, 2.45) is 22.4 Å². The molecule has 0 spiro atoms. The van der Waals surface area contributed by atoms with Crippen molar-refractivity contribution in [1.29, 1.82) is 0 Å². The first-order valence-electron chi connectivity index (χ1n) is 12.0. The zero-order valence-electron chi connectivity index (χ0n) is 20.7. The molecule has 0 radical (unpaired) electrons. The van der Waals surface area contributed by atoms with E-state index in [2.05, 4.69) is 69.6 Å². The van der Waals surface area contributed by atoms with Gasteiger partial charge >= 0.3 is 0 Å². The van der Waals surface area contributed by atoms with Crippen LogP contribution in [0, 0.1) is 17.3 Å². The predicted molar refractivity (Wildman–Crippen MR) is 133 cm³/mol. The van der Waals surface area contributed by atoms with Crippen LogP contribution in [0.25, 0.3) is 0 Å². The summed E-state index contributed by atoms with van der Waals surface area (Å²) in [6.45, 7) is 16.1. The van der Waals surface area contributed by atoms with Crippen LogP contribution in [-0.2, 0) is 15.7 Å². The van der Waals surface area contributed by atoms with E-state index in [0.29, 0.717) is 17.8 Å². The lowest BCUT2D eigenvalue weighted by Gasteiger charge is -2.54. The van der Waals surface area contributed by atoms with E-state index in [4.69, 9.17) is 13.7 Å². The van der Waals surface area contributed by atoms with Crippen molar-refractivity contribution < 1.29 is 13.7 Å². The maximum Gasteiger partial charge on any atom is 0.242 e. The first kappa shape index (κ1) is 23.1. The summed E-state index contributed by atoms with van der Waals surface area (Å²) in [5.74, 6) is 2.95. The lowest BCUT2D eigenvalue weighted by Crippen LogP contribution is -2.54. The molecule has 5 atom stereocenters. The number of nitrogens with zero attached hydrogens (tertiary/aromatic N) is 1. The van der Waals surface area contributed by atoms with Crippen molar-refractivity contribution in [2.45, 2.75) is 90.3 Å². The Kier molecular flexibility index (Phi) is 5.97. The number of hydrogen-bond donors (Lipinski definition) is 0. The maximum absolute atomic E-state index is 6.91. The molecule has 3 aliphatic rings. The van der Waals surface area contributed by atoms with Gasteiger partial charge in [-0.3, -0.25) is 0 Å². The second-order valence-corrected chi connectivity index (χ2v) is 20.9. The summed E-state index contributed by atoms with van der Waals surface area (Å²) in [7, 11) is -1.62. The van der Waals surface area contributed by atoms with Crippen LogP contribution in [0.15, 0.2) is 23.4 Å². The Hall–Kier alpha value is -1.12. The Morgan fingerprint density at radius 1 is 1.00 bits per heavy atom. The monoisotopic (exact) mass is 459 g/mol. The van der Waals surface area contributed by atoms with Crippen molar-refractivity contribution in [1.82, 2.24) is 0 Å². The van der Waals surface area contributed by atoms with Crippen molar-refractivity contribution in [2.75, 3.05) is 7.11 Å². The lowest BCUT2D eigenvalue weighted by atomic mass is 9.54. The lowest BCUT2D eigenvalue weighted by molar-refractivity contribution is -0.0242. The average molecular weight is 460 g/mol. The van der Waals surface area contributed by atoms with Crippen molar-refractivity contribution >= 4 is 22.3 Å². The molecule has 172 valence electrons. The fourth-order valence-electron chi connectivity index (χ4n) is 6.60. The van der Waals surface area contributed by atoms with Crippen LogP contribution in [0.2, 0.25) is 39.3 Å². The fourth-order valence-corrected chi connectivity index (χ4v) is 8.63. The minimum atomic E-state index is -1.70. The van der Waals surface area contributed by atoms with Crippen molar-refractivity contribution in [3.8, 4) is 5.75 Å². The predicted octanol–water partition coefficient (Wildman–Crippen LogP) is 6.59. The highest BCUT2D eigenvalue weighted by Gasteiger charge is 2.59. The SMILES string of the molecule is CO/N=C1\CCC2C3CCc4cc(O[Si](C)(C)C)ccc4C3CC(O[Si](C)(C)C)C12C. The summed E-state index contributed by atoms with van der Waals surface area (Å²) in [6.07, 6.45) is 5.96. The van der Waals surface area contributed by atoms with Crippen molar-refractivity contribution in [3.63, 3.8) is 0 Å². The highest BCUT2D eigenvalue weighted by atomic mass is 28.4. The van der Waals surface area contributed by atoms with Crippen LogP contribution in [0.1, 0.15) is 49.7 Å². The highest BCUT2D eigenvalue weighted by molar-refractivity contribution is 6.70. The van der Waals surface area contributed by atoms with Crippen LogP contribution in [0.3, 0.4) is 0 Å².